The number of hydrogen-bond donors (Lipinski definition) is 2. The van der Waals surface area contributed by atoms with Gasteiger partial charge in [-0.15, -0.1) is 0 Å². The van der Waals surface area contributed by atoms with E-state index in [0.717, 1.165) is 12.8 Å². The van der Waals surface area contributed by atoms with Crippen LogP contribution in [0.25, 0.3) is 0 Å². The molecule has 2 aliphatic rings. The first-order valence-corrected chi connectivity index (χ1v) is 11.3. The zero-order chi connectivity index (χ0) is 19.3. The van der Waals surface area contributed by atoms with Crippen LogP contribution in [0.4, 0.5) is 5.69 Å². The first kappa shape index (κ1) is 20.5. The van der Waals surface area contributed by atoms with Gasteiger partial charge in [-0.3, -0.25) is 4.79 Å². The van der Waals surface area contributed by atoms with Gasteiger partial charge in [0.05, 0.1) is 34.9 Å². The van der Waals surface area contributed by atoms with Crippen LogP contribution in [0.3, 0.4) is 0 Å². The standard InChI is InChI=1S/C18H26ClN3O4S/c19-16-7-6-15(27(24,25)22-8-10-26-11-9-22)12-17(16)21-18(23)13-20-14-4-2-1-3-5-14/h6-7,12,14,20H,1-5,8-11,13H2,(H,21,23)/p+1. The Morgan fingerprint density at radius 3 is 2.63 bits per heavy atom. The highest BCUT2D eigenvalue weighted by atomic mass is 35.5. The van der Waals surface area contributed by atoms with E-state index in [1.54, 1.807) is 0 Å². The number of anilines is 1. The summed E-state index contributed by atoms with van der Waals surface area (Å²) in [4.78, 5) is 12.4. The predicted molar refractivity (Wildman–Crippen MR) is 103 cm³/mol. The van der Waals surface area contributed by atoms with Crippen LogP contribution < -0.4 is 10.6 Å². The van der Waals surface area contributed by atoms with Crippen molar-refractivity contribution < 1.29 is 23.3 Å². The fourth-order valence-corrected chi connectivity index (χ4v) is 5.14. The predicted octanol–water partition coefficient (Wildman–Crippen LogP) is 1.20. The number of hydrogen-bond acceptors (Lipinski definition) is 4. The number of sulfonamides is 1. The van der Waals surface area contributed by atoms with Crippen LogP contribution in [0.2, 0.25) is 5.02 Å². The molecule has 1 aromatic rings. The lowest BCUT2D eigenvalue weighted by Crippen LogP contribution is -2.91. The first-order chi connectivity index (χ1) is 13.0. The number of nitrogens with one attached hydrogen (secondary N) is 1. The summed E-state index contributed by atoms with van der Waals surface area (Å²) in [6.07, 6.45) is 5.99. The molecule has 1 heterocycles. The molecule has 27 heavy (non-hydrogen) atoms. The lowest BCUT2D eigenvalue weighted by molar-refractivity contribution is -0.681. The Balaban J connectivity index is 1.64. The van der Waals surface area contributed by atoms with Gasteiger partial charge in [-0.2, -0.15) is 4.31 Å². The number of halogens is 1. The maximum atomic E-state index is 12.8. The summed E-state index contributed by atoms with van der Waals surface area (Å²) in [6.45, 7) is 1.72. The van der Waals surface area contributed by atoms with Gasteiger partial charge >= 0.3 is 0 Å². The third-order valence-electron chi connectivity index (χ3n) is 5.11. The summed E-state index contributed by atoms with van der Waals surface area (Å²) in [6, 6.07) is 4.91. The number of amides is 1. The Morgan fingerprint density at radius 2 is 1.93 bits per heavy atom. The van der Waals surface area contributed by atoms with Crippen molar-refractivity contribution in [3.63, 3.8) is 0 Å². The summed E-state index contributed by atoms with van der Waals surface area (Å²) in [7, 11) is -3.63. The number of nitrogens with two attached hydrogens (primary N) is 1. The van der Waals surface area contributed by atoms with Crippen molar-refractivity contribution in [1.29, 1.82) is 0 Å². The van der Waals surface area contributed by atoms with Crippen molar-refractivity contribution in [2.75, 3.05) is 38.2 Å². The summed E-state index contributed by atoms with van der Waals surface area (Å²) in [5, 5.41) is 5.14. The lowest BCUT2D eigenvalue weighted by Gasteiger charge is -2.26. The van der Waals surface area contributed by atoms with Crippen molar-refractivity contribution >= 4 is 33.2 Å². The minimum absolute atomic E-state index is 0.125. The molecule has 0 atom stereocenters. The van der Waals surface area contributed by atoms with Crippen molar-refractivity contribution in [1.82, 2.24) is 4.31 Å². The summed E-state index contributed by atoms with van der Waals surface area (Å²) >= 11 is 6.17. The number of morpholine rings is 1. The second kappa shape index (κ2) is 9.34. The minimum Gasteiger partial charge on any atom is -0.379 e. The van der Waals surface area contributed by atoms with Crippen LogP contribution >= 0.6 is 11.6 Å². The maximum absolute atomic E-state index is 12.8. The highest BCUT2D eigenvalue weighted by molar-refractivity contribution is 7.89. The van der Waals surface area contributed by atoms with E-state index in [2.05, 4.69) is 10.6 Å². The number of carbonyl (C=O) groups is 1. The van der Waals surface area contributed by atoms with E-state index in [1.165, 1.54) is 41.8 Å². The smallest absolute Gasteiger partial charge is 0.279 e. The van der Waals surface area contributed by atoms with Gasteiger partial charge in [0, 0.05) is 13.1 Å². The Kier molecular flexibility index (Phi) is 7.10. The molecule has 1 saturated carbocycles. The summed E-state index contributed by atoms with van der Waals surface area (Å²) in [5.74, 6) is -0.177. The van der Waals surface area contributed by atoms with Gasteiger partial charge in [0.2, 0.25) is 10.0 Å². The average molecular weight is 417 g/mol. The van der Waals surface area contributed by atoms with E-state index in [-0.39, 0.29) is 10.8 Å². The zero-order valence-electron chi connectivity index (χ0n) is 15.3. The molecule has 3 N–H and O–H groups in total. The quantitative estimate of drug-likeness (QED) is 0.728. The van der Waals surface area contributed by atoms with Crippen molar-refractivity contribution in [2.45, 2.75) is 43.0 Å². The zero-order valence-corrected chi connectivity index (χ0v) is 16.9. The molecule has 1 aliphatic heterocycles. The molecule has 1 aliphatic carbocycles. The second-order valence-electron chi connectivity index (χ2n) is 7.04. The largest absolute Gasteiger partial charge is 0.379 e. The van der Waals surface area contributed by atoms with E-state index in [1.807, 2.05) is 0 Å². The number of nitrogens with zero attached hydrogens (tertiary/aromatic N) is 1. The molecule has 2 fully saturated rings. The lowest BCUT2D eigenvalue weighted by atomic mass is 9.95. The van der Waals surface area contributed by atoms with Crippen LogP contribution in [0, 0.1) is 0 Å². The van der Waals surface area contributed by atoms with Crippen LogP contribution in [0.1, 0.15) is 32.1 Å². The van der Waals surface area contributed by atoms with Gasteiger partial charge in [-0.25, -0.2) is 8.42 Å². The van der Waals surface area contributed by atoms with E-state index >= 15 is 0 Å². The fourth-order valence-electron chi connectivity index (χ4n) is 3.54. The Labute approximate surface area is 165 Å². The molecule has 1 aromatic carbocycles. The van der Waals surface area contributed by atoms with Crippen LogP contribution in [-0.4, -0.2) is 57.5 Å². The topological polar surface area (TPSA) is 92.3 Å². The van der Waals surface area contributed by atoms with Gasteiger partial charge in [0.25, 0.3) is 5.91 Å². The van der Waals surface area contributed by atoms with Crippen LogP contribution in [0.5, 0.6) is 0 Å². The Hall–Kier alpha value is -1.19. The minimum atomic E-state index is -3.63. The molecule has 1 amide bonds. The monoisotopic (exact) mass is 416 g/mol. The fraction of sp³-hybridized carbons (Fsp3) is 0.611. The van der Waals surface area contributed by atoms with Crippen molar-refractivity contribution in [3.05, 3.63) is 23.2 Å². The number of ether oxygens (including phenoxy) is 1. The van der Waals surface area contributed by atoms with Crippen molar-refractivity contribution in [3.8, 4) is 0 Å². The van der Waals surface area contributed by atoms with Gasteiger partial charge in [0.1, 0.15) is 0 Å². The molecule has 9 heteroatoms. The maximum Gasteiger partial charge on any atom is 0.279 e. The van der Waals surface area contributed by atoms with Crippen molar-refractivity contribution in [2.24, 2.45) is 0 Å². The molecule has 3 rings (SSSR count). The SMILES string of the molecule is O=C(C[NH2+]C1CCCCC1)Nc1cc(S(=O)(=O)N2CCOCC2)ccc1Cl. The molecule has 0 aromatic heterocycles. The Morgan fingerprint density at radius 1 is 1.22 bits per heavy atom. The number of rotatable bonds is 6. The third kappa shape index (κ3) is 5.42. The van der Waals surface area contributed by atoms with E-state index in [0.29, 0.717) is 49.6 Å². The normalized spacial score (nSPS) is 19.7. The molecule has 0 unspecified atom stereocenters. The van der Waals surface area contributed by atoms with Gasteiger partial charge < -0.3 is 15.4 Å². The van der Waals surface area contributed by atoms with Crippen LogP contribution in [0.15, 0.2) is 23.1 Å². The molecule has 0 radical (unpaired) electrons. The summed E-state index contributed by atoms with van der Waals surface area (Å²) in [5.41, 5.74) is 0.327. The molecule has 0 bridgehead atoms. The second-order valence-corrected chi connectivity index (χ2v) is 9.39. The molecular formula is C18H27ClN3O4S+. The van der Waals surface area contributed by atoms with Gasteiger partial charge in [0.15, 0.2) is 6.54 Å². The molecule has 1 saturated heterocycles. The van der Waals surface area contributed by atoms with Gasteiger partial charge in [-0.1, -0.05) is 18.0 Å². The Bertz CT molecular complexity index is 760. The van der Waals surface area contributed by atoms with E-state index < -0.39 is 10.0 Å². The van der Waals surface area contributed by atoms with Crippen LogP contribution in [-0.2, 0) is 19.6 Å². The van der Waals surface area contributed by atoms with Gasteiger partial charge in [-0.05, 0) is 43.9 Å². The first-order valence-electron chi connectivity index (χ1n) is 9.47. The summed E-state index contributed by atoms with van der Waals surface area (Å²) < 4.78 is 32.2. The van der Waals surface area contributed by atoms with E-state index in [4.69, 9.17) is 16.3 Å². The highest BCUT2D eigenvalue weighted by Gasteiger charge is 2.27. The highest BCUT2D eigenvalue weighted by Crippen LogP contribution is 2.27. The molecule has 7 nitrogen and oxygen atoms in total. The number of carbonyl (C=O) groups excluding carboxylic acids is 1. The average Bonchev–Trinajstić information content (AvgIpc) is 2.69. The molecular weight excluding hydrogens is 390 g/mol. The van der Waals surface area contributed by atoms with E-state index in [9.17, 15) is 13.2 Å². The number of quaternary nitrogens is 1. The third-order valence-corrected chi connectivity index (χ3v) is 7.33. The molecule has 150 valence electrons. The molecule has 0 spiro atoms. The number of benzene rings is 1.